The van der Waals surface area contributed by atoms with Crippen LogP contribution in [0.5, 0.6) is 0 Å². The summed E-state index contributed by atoms with van der Waals surface area (Å²) < 4.78 is 13.5. The summed E-state index contributed by atoms with van der Waals surface area (Å²) >= 11 is 12.4. The van der Waals surface area contributed by atoms with Crippen LogP contribution in [0.25, 0.3) is 22.4 Å². The van der Waals surface area contributed by atoms with Crippen LogP contribution >= 0.6 is 23.2 Å². The number of nitrogens with one attached hydrogen (secondary N) is 1. The number of benzene rings is 3. The molecule has 0 saturated heterocycles. The predicted octanol–water partition coefficient (Wildman–Crippen LogP) is 6.46. The lowest BCUT2D eigenvalue weighted by Gasteiger charge is -2.14. The average Bonchev–Trinajstić information content (AvgIpc) is 2.80. The van der Waals surface area contributed by atoms with Gasteiger partial charge in [-0.3, -0.25) is 9.59 Å². The fraction of sp³-hybridized carbons (Fsp3) is 0.0769. The molecule has 4 aromatic rings. The highest BCUT2D eigenvalue weighted by Crippen LogP contribution is 2.35. The zero-order valence-corrected chi connectivity index (χ0v) is 18.7. The van der Waals surface area contributed by atoms with E-state index in [1.165, 1.54) is 24.3 Å². The summed E-state index contributed by atoms with van der Waals surface area (Å²) in [5, 5.41) is 11.4. The fourth-order valence-electron chi connectivity index (χ4n) is 3.59. The number of hydrogen-bond donors (Lipinski definition) is 2. The fourth-order valence-corrected chi connectivity index (χ4v) is 3.94. The van der Waals surface area contributed by atoms with Gasteiger partial charge in [0.25, 0.3) is 5.56 Å². The number of aliphatic hydroxyl groups excluding tert-OH is 1. The number of ketones is 1. The topological polar surface area (TPSA) is 70.2 Å². The Morgan fingerprint density at radius 2 is 1.67 bits per heavy atom. The van der Waals surface area contributed by atoms with Crippen molar-refractivity contribution in [2.45, 2.75) is 12.5 Å². The number of rotatable bonds is 6. The number of aromatic amines is 1. The van der Waals surface area contributed by atoms with Crippen LogP contribution in [0.4, 0.5) is 4.39 Å². The molecule has 1 aromatic heterocycles. The zero-order valence-electron chi connectivity index (χ0n) is 17.2. The largest absolute Gasteiger partial charge is 0.388 e. The van der Waals surface area contributed by atoms with Crippen molar-refractivity contribution in [1.82, 2.24) is 4.98 Å². The molecule has 1 heterocycles. The number of aromatic nitrogens is 1. The van der Waals surface area contributed by atoms with Crippen LogP contribution in [0.15, 0.2) is 83.7 Å². The first-order chi connectivity index (χ1) is 15.8. The lowest BCUT2D eigenvalue weighted by atomic mass is 9.95. The summed E-state index contributed by atoms with van der Waals surface area (Å²) in [6, 6.07) is 20.8. The molecule has 4 rings (SSSR count). The molecule has 0 spiro atoms. The molecule has 0 aliphatic rings. The highest BCUT2D eigenvalue weighted by Gasteiger charge is 2.21. The molecule has 166 valence electrons. The Morgan fingerprint density at radius 1 is 0.939 bits per heavy atom. The molecule has 0 saturated carbocycles. The average molecular weight is 482 g/mol. The maximum absolute atomic E-state index is 13.5. The van der Waals surface area contributed by atoms with E-state index in [0.29, 0.717) is 32.4 Å². The summed E-state index contributed by atoms with van der Waals surface area (Å²) in [6.07, 6.45) is -1.63. The number of hydrogen-bond acceptors (Lipinski definition) is 3. The van der Waals surface area contributed by atoms with Crippen molar-refractivity contribution in [2.75, 3.05) is 0 Å². The molecule has 0 amide bonds. The van der Waals surface area contributed by atoms with E-state index in [1.54, 1.807) is 48.5 Å². The Kier molecular flexibility index (Phi) is 6.75. The van der Waals surface area contributed by atoms with Gasteiger partial charge >= 0.3 is 0 Å². The number of aliphatic hydroxyl groups is 1. The summed E-state index contributed by atoms with van der Waals surface area (Å²) in [7, 11) is 0. The van der Waals surface area contributed by atoms with E-state index in [9.17, 15) is 19.1 Å². The molecule has 0 bridgehead atoms. The van der Waals surface area contributed by atoms with Gasteiger partial charge in [-0.15, -0.1) is 0 Å². The van der Waals surface area contributed by atoms with E-state index in [0.717, 1.165) is 6.07 Å². The molecule has 0 aliphatic heterocycles. The Labute approximate surface area is 199 Å². The second kappa shape index (κ2) is 9.71. The van der Waals surface area contributed by atoms with Gasteiger partial charge in [-0.2, -0.15) is 0 Å². The molecule has 3 aromatic carbocycles. The third-order valence-corrected chi connectivity index (χ3v) is 5.83. The van der Waals surface area contributed by atoms with Crippen LogP contribution < -0.4 is 5.56 Å². The van der Waals surface area contributed by atoms with Crippen LogP contribution in [0, 0.1) is 5.82 Å². The normalized spacial score (nSPS) is 11.9. The Hall–Kier alpha value is -3.25. The second-order valence-electron chi connectivity index (χ2n) is 7.49. The van der Waals surface area contributed by atoms with Crippen molar-refractivity contribution >= 4 is 29.0 Å². The van der Waals surface area contributed by atoms with Gasteiger partial charge in [0, 0.05) is 27.6 Å². The minimum Gasteiger partial charge on any atom is -0.388 e. The van der Waals surface area contributed by atoms with Crippen LogP contribution in [0.2, 0.25) is 10.0 Å². The van der Waals surface area contributed by atoms with Gasteiger partial charge in [-0.1, -0.05) is 65.7 Å². The SMILES string of the molecule is O=C(CC(O)c1cccc(F)c1)c1cc(-c2ccc(Cl)cc2)c(-c2ccccc2Cl)[nH]c1=O. The Morgan fingerprint density at radius 3 is 2.36 bits per heavy atom. The number of carbonyl (C=O) groups excluding carboxylic acids is 1. The van der Waals surface area contributed by atoms with Crippen molar-refractivity contribution in [1.29, 1.82) is 0 Å². The first-order valence-electron chi connectivity index (χ1n) is 10.1. The molecule has 2 N–H and O–H groups in total. The van der Waals surface area contributed by atoms with Crippen molar-refractivity contribution < 1.29 is 14.3 Å². The number of pyridine rings is 1. The monoisotopic (exact) mass is 481 g/mol. The maximum atomic E-state index is 13.5. The summed E-state index contributed by atoms with van der Waals surface area (Å²) in [5.41, 5.74) is 1.86. The Bertz CT molecular complexity index is 1380. The standard InChI is InChI=1S/C26H18Cl2FNO3/c27-17-10-8-15(9-11-17)20-13-21(24(32)14-23(31)16-4-3-5-18(29)12-16)26(33)30-25(20)19-6-1-2-7-22(19)28/h1-13,23,31H,14H2,(H,30,33). The van der Waals surface area contributed by atoms with Crippen molar-refractivity contribution in [3.63, 3.8) is 0 Å². The molecule has 4 nitrogen and oxygen atoms in total. The highest BCUT2D eigenvalue weighted by atomic mass is 35.5. The van der Waals surface area contributed by atoms with Gasteiger partial charge in [-0.25, -0.2) is 4.39 Å². The van der Waals surface area contributed by atoms with E-state index >= 15 is 0 Å². The summed E-state index contributed by atoms with van der Waals surface area (Å²) in [4.78, 5) is 28.6. The second-order valence-corrected chi connectivity index (χ2v) is 8.33. The van der Waals surface area contributed by atoms with E-state index in [1.807, 2.05) is 0 Å². The van der Waals surface area contributed by atoms with Gasteiger partial charge in [0.05, 0.1) is 17.4 Å². The number of H-pyrrole nitrogens is 1. The molecule has 33 heavy (non-hydrogen) atoms. The molecule has 1 unspecified atom stereocenters. The Balaban J connectivity index is 1.79. The van der Waals surface area contributed by atoms with Crippen LogP contribution in [0.1, 0.15) is 28.4 Å². The lowest BCUT2D eigenvalue weighted by molar-refractivity contribution is 0.0878. The van der Waals surface area contributed by atoms with Gasteiger partial charge in [-0.05, 0) is 47.5 Å². The smallest absolute Gasteiger partial charge is 0.259 e. The van der Waals surface area contributed by atoms with Crippen LogP contribution in [0.3, 0.4) is 0 Å². The van der Waals surface area contributed by atoms with Crippen molar-refractivity contribution in [2.24, 2.45) is 0 Å². The van der Waals surface area contributed by atoms with E-state index in [-0.39, 0.29) is 17.5 Å². The highest BCUT2D eigenvalue weighted by molar-refractivity contribution is 6.33. The molecule has 0 aliphatic carbocycles. The molecule has 1 atom stereocenters. The van der Waals surface area contributed by atoms with E-state index in [4.69, 9.17) is 23.2 Å². The first kappa shape index (κ1) is 22.9. The van der Waals surface area contributed by atoms with E-state index in [2.05, 4.69) is 4.98 Å². The molecule has 7 heteroatoms. The number of halogens is 3. The molecular formula is C26H18Cl2FNO3. The zero-order chi connectivity index (χ0) is 23.5. The van der Waals surface area contributed by atoms with Gasteiger partial charge in [0.1, 0.15) is 5.82 Å². The minimum atomic E-state index is -1.25. The molecule has 0 radical (unpaired) electrons. The first-order valence-corrected chi connectivity index (χ1v) is 10.8. The number of Topliss-reactive ketones (excluding diaryl/α,β-unsaturated/α-hetero) is 1. The third-order valence-electron chi connectivity index (χ3n) is 5.25. The van der Waals surface area contributed by atoms with Crippen LogP contribution in [-0.4, -0.2) is 15.9 Å². The van der Waals surface area contributed by atoms with Gasteiger partial charge in [0.2, 0.25) is 0 Å². The van der Waals surface area contributed by atoms with Crippen molar-refractivity contribution in [3.05, 3.63) is 116 Å². The van der Waals surface area contributed by atoms with Gasteiger partial charge in [0.15, 0.2) is 5.78 Å². The summed E-state index contributed by atoms with van der Waals surface area (Å²) in [6.45, 7) is 0. The van der Waals surface area contributed by atoms with E-state index < -0.39 is 23.3 Å². The van der Waals surface area contributed by atoms with Crippen molar-refractivity contribution in [3.8, 4) is 22.4 Å². The summed E-state index contributed by atoms with van der Waals surface area (Å²) in [5.74, 6) is -1.10. The van der Waals surface area contributed by atoms with Gasteiger partial charge < -0.3 is 10.1 Å². The maximum Gasteiger partial charge on any atom is 0.259 e. The molecule has 0 fully saturated rings. The minimum absolute atomic E-state index is 0.119. The quantitative estimate of drug-likeness (QED) is 0.310. The lowest BCUT2D eigenvalue weighted by Crippen LogP contribution is -2.20. The predicted molar refractivity (Wildman–Crippen MR) is 128 cm³/mol. The number of carbonyl (C=O) groups is 1. The van der Waals surface area contributed by atoms with Crippen LogP contribution in [-0.2, 0) is 0 Å². The molecular weight excluding hydrogens is 464 g/mol. The third kappa shape index (κ3) is 5.06.